The van der Waals surface area contributed by atoms with Gasteiger partial charge in [0.1, 0.15) is 65.3 Å². The van der Waals surface area contributed by atoms with Gasteiger partial charge in [-0.05, 0) is 112 Å². The highest BCUT2D eigenvalue weighted by Gasteiger charge is 2.55. The van der Waals surface area contributed by atoms with Crippen LogP contribution in [-0.4, -0.2) is 188 Å². The summed E-state index contributed by atoms with van der Waals surface area (Å²) in [6, 6.07) is -0.187. The molecule has 3 aliphatic rings. The molecule has 1 saturated carbocycles. The fraction of sp³-hybridized carbons (Fsp3) is 0.702. The van der Waals surface area contributed by atoms with Crippen LogP contribution in [0.1, 0.15) is 94.1 Å². The number of nitro groups is 1. The molecule has 0 aromatic heterocycles. The van der Waals surface area contributed by atoms with E-state index in [-0.39, 0.29) is 44.0 Å². The summed E-state index contributed by atoms with van der Waals surface area (Å²) in [6.07, 6.45) is -17.1. The normalized spacial score (nSPS) is 27.4. The van der Waals surface area contributed by atoms with Gasteiger partial charge in [-0.1, -0.05) is 0 Å². The molecular weight excluding hydrogens is 999 g/mol. The molecule has 12 atom stereocenters. The number of likely N-dealkylation sites (N-methyl/N-ethyl adjacent to an activating group) is 1. The number of benzene rings is 1. The van der Waals surface area contributed by atoms with E-state index in [9.17, 15) is 64.4 Å². The fourth-order valence-electron chi connectivity index (χ4n) is 8.02. The zero-order valence-corrected chi connectivity index (χ0v) is 43.8. The molecule has 10 N–H and O–H groups in total. The molecule has 0 radical (unpaired) electrons. The van der Waals surface area contributed by atoms with Crippen molar-refractivity contribution in [2.24, 2.45) is 0 Å². The van der Waals surface area contributed by atoms with E-state index >= 15 is 0 Å². The number of nitro benzene ring substituents is 1. The standard InChI is InChI=1S/C47H73N7O21/c1-44(2,3)73-40(60)48-19-18-30(55)36(58)50-28-20-29(52-42(62)75-46(7,8)9)34(31(56)33(28)72-38-32(57)35(53(11)43(63)64)47(10,65)23-69-38)71-37-27(51-41(61)74-45(4,5)6)17-16-26(70-37)21-49-39(59)68-22-24-12-14-25(15-13-24)54(66)67/h12-16,27-35,37-38,55-57,65H,17-23H2,1-11H3,(H,48,60)(H,49,59)(H,50,58)(H,51,61)(H,52,62)(H,63,64)/t27-,28-,29+,30+,31-,32-,33+,34-,35-,37-,38-,47+/m1/s1. The second kappa shape index (κ2) is 25.5. The minimum absolute atomic E-state index is 0.0501. The maximum absolute atomic E-state index is 13.8. The first-order valence-corrected chi connectivity index (χ1v) is 24.0. The number of alkyl carbamates (subject to hydrolysis) is 4. The number of nitrogens with one attached hydrogen (secondary N) is 5. The van der Waals surface area contributed by atoms with Crippen LogP contribution in [0, 0.1) is 10.1 Å². The van der Waals surface area contributed by atoms with Gasteiger partial charge in [-0.25, -0.2) is 24.0 Å². The molecule has 1 aromatic carbocycles. The molecule has 1 saturated heterocycles. The maximum atomic E-state index is 13.8. The molecule has 2 fully saturated rings. The van der Waals surface area contributed by atoms with Crippen molar-refractivity contribution in [3.05, 3.63) is 51.8 Å². The highest BCUT2D eigenvalue weighted by molar-refractivity contribution is 5.81. The number of hydrogen-bond acceptors (Lipinski definition) is 20. The van der Waals surface area contributed by atoms with Gasteiger partial charge >= 0.3 is 30.5 Å². The maximum Gasteiger partial charge on any atom is 0.408 e. The van der Waals surface area contributed by atoms with Gasteiger partial charge in [-0.2, -0.15) is 0 Å². The molecule has 75 heavy (non-hydrogen) atoms. The summed E-state index contributed by atoms with van der Waals surface area (Å²) in [7, 11) is 1.09. The molecule has 6 amide bonds. The van der Waals surface area contributed by atoms with Crippen molar-refractivity contribution in [1.29, 1.82) is 0 Å². The van der Waals surface area contributed by atoms with E-state index in [1.807, 2.05) is 0 Å². The number of carboxylic acid groups (broad SMARTS) is 1. The molecule has 422 valence electrons. The smallest absolute Gasteiger partial charge is 0.408 e. The van der Waals surface area contributed by atoms with Crippen LogP contribution >= 0.6 is 0 Å². The number of nitrogens with zero attached hydrogens (tertiary/aromatic N) is 2. The minimum Gasteiger partial charge on any atom is -0.465 e. The second-order valence-electron chi connectivity index (χ2n) is 21.4. The van der Waals surface area contributed by atoms with Crippen LogP contribution < -0.4 is 26.6 Å². The van der Waals surface area contributed by atoms with Crippen LogP contribution in [0.25, 0.3) is 0 Å². The van der Waals surface area contributed by atoms with Gasteiger partial charge in [0.15, 0.2) is 6.29 Å². The van der Waals surface area contributed by atoms with E-state index in [0.717, 1.165) is 7.05 Å². The number of non-ortho nitro benzene ring substituents is 1. The zero-order valence-electron chi connectivity index (χ0n) is 43.8. The Morgan fingerprint density at radius 3 is 1.88 bits per heavy atom. The van der Waals surface area contributed by atoms with Crippen molar-refractivity contribution in [1.82, 2.24) is 31.5 Å². The SMILES string of the molecule is CN(C(=O)O)[C@@H]1[C@@H](O)[C@@H](O[C@@H]2[C@@H](O)[C@H](O[C@H]3OC(CNC(=O)OCc4ccc([N+](=O)[O-])cc4)=CC[C@H]3NC(=O)OC(C)(C)C)[C@@H](NC(=O)OC(C)(C)C)C[C@H]2NC(=O)[C@@H](O)CCNC(=O)OC(C)(C)C)OC[C@]1(C)O. The molecule has 1 aliphatic carbocycles. The molecule has 1 aromatic rings. The molecule has 2 heterocycles. The van der Waals surface area contributed by atoms with Crippen molar-refractivity contribution in [2.75, 3.05) is 26.7 Å². The summed E-state index contributed by atoms with van der Waals surface area (Å²) >= 11 is 0. The zero-order chi connectivity index (χ0) is 56.4. The van der Waals surface area contributed by atoms with Gasteiger partial charge in [-0.15, -0.1) is 0 Å². The van der Waals surface area contributed by atoms with Crippen LogP contribution in [0.4, 0.5) is 29.7 Å². The van der Waals surface area contributed by atoms with Gasteiger partial charge in [0, 0.05) is 25.7 Å². The summed E-state index contributed by atoms with van der Waals surface area (Å²) in [5, 5.41) is 80.1. The Bertz CT molecular complexity index is 2190. The lowest BCUT2D eigenvalue weighted by Gasteiger charge is -2.50. The Balaban J connectivity index is 1.70. The van der Waals surface area contributed by atoms with Gasteiger partial charge in [0.2, 0.25) is 12.2 Å². The minimum atomic E-state index is -2.02. The van der Waals surface area contributed by atoms with Crippen molar-refractivity contribution in [3.63, 3.8) is 0 Å². The molecule has 2 aliphatic heterocycles. The highest BCUT2D eigenvalue weighted by Crippen LogP contribution is 2.35. The number of rotatable bonds is 17. The number of hydrogen-bond donors (Lipinski definition) is 10. The number of carbonyl (C=O) groups excluding carboxylic acids is 5. The summed E-state index contributed by atoms with van der Waals surface area (Å²) in [5.74, 6) is -0.992. The third-order valence-electron chi connectivity index (χ3n) is 11.3. The van der Waals surface area contributed by atoms with Crippen molar-refractivity contribution in [3.8, 4) is 0 Å². The van der Waals surface area contributed by atoms with E-state index in [4.69, 9.17) is 37.9 Å². The Labute approximate surface area is 433 Å². The van der Waals surface area contributed by atoms with Crippen molar-refractivity contribution in [2.45, 2.75) is 185 Å². The van der Waals surface area contributed by atoms with Crippen LogP contribution in [0.2, 0.25) is 0 Å². The average Bonchev–Trinajstić information content (AvgIpc) is 3.26. The van der Waals surface area contributed by atoms with Crippen molar-refractivity contribution >= 4 is 42.1 Å². The molecule has 28 nitrogen and oxygen atoms in total. The monoisotopic (exact) mass is 1070 g/mol. The lowest BCUT2D eigenvalue weighted by atomic mass is 9.82. The van der Waals surface area contributed by atoms with Gasteiger partial charge in [0.25, 0.3) is 5.69 Å². The van der Waals surface area contributed by atoms with E-state index in [2.05, 4.69) is 26.6 Å². The molecule has 0 bridgehead atoms. The highest BCUT2D eigenvalue weighted by atomic mass is 16.7. The quantitative estimate of drug-likeness (QED) is 0.0606. The van der Waals surface area contributed by atoms with Crippen LogP contribution in [0.15, 0.2) is 36.1 Å². The Hall–Kier alpha value is -6.30. The Kier molecular flexibility index (Phi) is 20.8. The summed E-state index contributed by atoms with van der Waals surface area (Å²) in [6.45, 7) is 14.3. The number of amides is 6. The summed E-state index contributed by atoms with van der Waals surface area (Å²) < 4.78 is 46.2. The van der Waals surface area contributed by atoms with E-state index < -0.39 is 144 Å². The van der Waals surface area contributed by atoms with Crippen LogP contribution in [0.3, 0.4) is 0 Å². The third kappa shape index (κ3) is 19.1. The first-order valence-electron chi connectivity index (χ1n) is 24.0. The topological polar surface area (TPSA) is 384 Å². The summed E-state index contributed by atoms with van der Waals surface area (Å²) in [4.78, 5) is 88.9. The predicted molar refractivity (Wildman–Crippen MR) is 258 cm³/mol. The molecule has 28 heteroatoms. The first kappa shape index (κ1) is 61.2. The number of aliphatic hydroxyl groups excluding tert-OH is 3. The number of carbonyl (C=O) groups is 6. The largest absolute Gasteiger partial charge is 0.465 e. The number of aliphatic hydroxyl groups is 4. The van der Waals surface area contributed by atoms with Crippen LogP contribution in [0.5, 0.6) is 0 Å². The lowest BCUT2D eigenvalue weighted by Crippen LogP contribution is -2.70. The van der Waals surface area contributed by atoms with E-state index in [1.165, 1.54) is 37.3 Å². The third-order valence-corrected chi connectivity index (χ3v) is 11.3. The lowest BCUT2D eigenvalue weighted by molar-refractivity contribution is -0.384. The average molecular weight is 1070 g/mol. The summed E-state index contributed by atoms with van der Waals surface area (Å²) in [5.41, 5.74) is -4.57. The molecule has 0 unspecified atom stereocenters. The van der Waals surface area contributed by atoms with Gasteiger partial charge in [0.05, 0.1) is 42.2 Å². The van der Waals surface area contributed by atoms with Gasteiger partial charge < -0.3 is 94.9 Å². The Morgan fingerprint density at radius 2 is 1.33 bits per heavy atom. The van der Waals surface area contributed by atoms with E-state index in [0.29, 0.717) is 10.5 Å². The molecule has 4 rings (SSSR count). The number of ether oxygens (including phenoxy) is 8. The Morgan fingerprint density at radius 1 is 0.800 bits per heavy atom. The first-order chi connectivity index (χ1) is 34.6. The molecular formula is C47H73N7O21. The van der Waals surface area contributed by atoms with Crippen molar-refractivity contribution < 1.29 is 97.1 Å². The van der Waals surface area contributed by atoms with Crippen LogP contribution in [-0.2, 0) is 49.3 Å². The van der Waals surface area contributed by atoms with E-state index in [1.54, 1.807) is 62.3 Å². The fourth-order valence-corrected chi connectivity index (χ4v) is 8.02. The predicted octanol–water partition coefficient (Wildman–Crippen LogP) is 1.98. The van der Waals surface area contributed by atoms with Gasteiger partial charge in [-0.3, -0.25) is 14.9 Å². The second-order valence-corrected chi connectivity index (χ2v) is 21.4. The molecule has 0 spiro atoms.